The van der Waals surface area contributed by atoms with Crippen molar-refractivity contribution in [1.82, 2.24) is 9.97 Å². The van der Waals surface area contributed by atoms with Gasteiger partial charge >= 0.3 is 0 Å². The molecule has 0 amide bonds. The molecular formula is C10H17N3O. The number of aromatic nitrogens is 2. The Morgan fingerprint density at radius 1 is 1.36 bits per heavy atom. The third-order valence-corrected chi connectivity index (χ3v) is 1.92. The van der Waals surface area contributed by atoms with Gasteiger partial charge in [-0.25, -0.2) is 9.97 Å². The molecule has 0 aliphatic carbocycles. The van der Waals surface area contributed by atoms with Crippen LogP contribution in [0.3, 0.4) is 0 Å². The number of hydrogen-bond donors (Lipinski definition) is 2. The number of aliphatic hydroxyl groups is 1. The summed E-state index contributed by atoms with van der Waals surface area (Å²) < 4.78 is 0. The van der Waals surface area contributed by atoms with Gasteiger partial charge in [0.2, 0.25) is 5.95 Å². The fourth-order valence-corrected chi connectivity index (χ4v) is 1.28. The summed E-state index contributed by atoms with van der Waals surface area (Å²) in [5, 5.41) is 11.9. The van der Waals surface area contributed by atoms with Crippen molar-refractivity contribution in [2.75, 3.05) is 11.9 Å². The molecule has 0 spiro atoms. The Morgan fingerprint density at radius 2 is 1.93 bits per heavy atom. The SMILES string of the molecule is Cc1cc(C)nc(NC(C)CCO)n1. The summed E-state index contributed by atoms with van der Waals surface area (Å²) in [6.45, 7) is 6.06. The minimum absolute atomic E-state index is 0.180. The standard InChI is InChI=1S/C10H17N3O/c1-7(4-5-14)11-10-12-8(2)6-9(3)13-10/h6-7,14H,4-5H2,1-3H3,(H,11,12,13). The van der Waals surface area contributed by atoms with Gasteiger partial charge in [-0.1, -0.05) is 0 Å². The third-order valence-electron chi connectivity index (χ3n) is 1.92. The van der Waals surface area contributed by atoms with Crippen molar-refractivity contribution in [3.8, 4) is 0 Å². The zero-order chi connectivity index (χ0) is 10.6. The summed E-state index contributed by atoms with van der Waals surface area (Å²) >= 11 is 0. The predicted octanol–water partition coefficient (Wildman–Crippen LogP) is 1.28. The van der Waals surface area contributed by atoms with E-state index >= 15 is 0 Å². The normalized spacial score (nSPS) is 12.6. The maximum Gasteiger partial charge on any atom is 0.223 e. The minimum Gasteiger partial charge on any atom is -0.396 e. The van der Waals surface area contributed by atoms with Crippen LogP contribution in [-0.2, 0) is 0 Å². The van der Waals surface area contributed by atoms with E-state index in [-0.39, 0.29) is 12.6 Å². The molecule has 0 aliphatic heterocycles. The predicted molar refractivity (Wildman–Crippen MR) is 56.3 cm³/mol. The summed E-state index contributed by atoms with van der Waals surface area (Å²) in [7, 11) is 0. The Labute approximate surface area is 84.4 Å². The second kappa shape index (κ2) is 4.91. The van der Waals surface area contributed by atoms with E-state index in [2.05, 4.69) is 15.3 Å². The summed E-state index contributed by atoms with van der Waals surface area (Å²) in [6.07, 6.45) is 0.705. The van der Waals surface area contributed by atoms with Crippen molar-refractivity contribution in [3.05, 3.63) is 17.5 Å². The summed E-state index contributed by atoms with van der Waals surface area (Å²) in [5.74, 6) is 0.642. The Kier molecular flexibility index (Phi) is 3.83. The van der Waals surface area contributed by atoms with Gasteiger partial charge in [0, 0.05) is 24.0 Å². The molecule has 4 heteroatoms. The Hall–Kier alpha value is -1.16. The van der Waals surface area contributed by atoms with Crippen LogP contribution in [-0.4, -0.2) is 27.7 Å². The molecule has 4 nitrogen and oxygen atoms in total. The molecule has 0 aromatic carbocycles. The van der Waals surface area contributed by atoms with Crippen LogP contribution in [0.15, 0.2) is 6.07 Å². The maximum atomic E-state index is 8.74. The highest BCUT2D eigenvalue weighted by Gasteiger charge is 2.03. The van der Waals surface area contributed by atoms with Gasteiger partial charge in [-0.3, -0.25) is 0 Å². The Balaban J connectivity index is 2.66. The Bertz CT molecular complexity index is 281. The number of aliphatic hydroxyl groups excluding tert-OH is 1. The third kappa shape index (κ3) is 3.30. The number of hydrogen-bond acceptors (Lipinski definition) is 4. The fourth-order valence-electron chi connectivity index (χ4n) is 1.28. The molecule has 0 aliphatic rings. The Morgan fingerprint density at radius 3 is 2.43 bits per heavy atom. The molecule has 1 rings (SSSR count). The molecule has 0 saturated carbocycles. The largest absolute Gasteiger partial charge is 0.396 e. The van der Waals surface area contributed by atoms with E-state index in [9.17, 15) is 0 Å². The van der Waals surface area contributed by atoms with Crippen LogP contribution in [0.25, 0.3) is 0 Å². The van der Waals surface area contributed by atoms with E-state index in [0.29, 0.717) is 12.4 Å². The molecule has 78 valence electrons. The van der Waals surface area contributed by atoms with Gasteiger partial charge in [-0.2, -0.15) is 0 Å². The number of nitrogens with one attached hydrogen (secondary N) is 1. The molecule has 14 heavy (non-hydrogen) atoms. The smallest absolute Gasteiger partial charge is 0.223 e. The van der Waals surface area contributed by atoms with E-state index in [1.807, 2.05) is 26.8 Å². The molecule has 0 radical (unpaired) electrons. The zero-order valence-electron chi connectivity index (χ0n) is 8.91. The molecule has 0 saturated heterocycles. The molecule has 1 unspecified atom stereocenters. The van der Waals surface area contributed by atoms with Crippen LogP contribution in [0, 0.1) is 13.8 Å². The van der Waals surface area contributed by atoms with Gasteiger partial charge in [0.1, 0.15) is 0 Å². The number of rotatable bonds is 4. The zero-order valence-corrected chi connectivity index (χ0v) is 8.91. The molecular weight excluding hydrogens is 178 g/mol. The minimum atomic E-state index is 0.180. The van der Waals surface area contributed by atoms with Gasteiger partial charge in [-0.05, 0) is 33.3 Å². The molecule has 1 aromatic rings. The molecule has 1 heterocycles. The van der Waals surface area contributed by atoms with E-state index < -0.39 is 0 Å². The van der Waals surface area contributed by atoms with Crippen LogP contribution < -0.4 is 5.32 Å². The lowest BCUT2D eigenvalue weighted by atomic mass is 10.2. The van der Waals surface area contributed by atoms with E-state index in [4.69, 9.17) is 5.11 Å². The average Bonchev–Trinajstić information content (AvgIpc) is 2.01. The van der Waals surface area contributed by atoms with Gasteiger partial charge in [0.05, 0.1) is 0 Å². The van der Waals surface area contributed by atoms with Crippen molar-refractivity contribution in [2.45, 2.75) is 33.2 Å². The highest BCUT2D eigenvalue weighted by Crippen LogP contribution is 2.06. The first-order chi connectivity index (χ1) is 6.61. The topological polar surface area (TPSA) is 58.0 Å². The highest BCUT2D eigenvalue weighted by atomic mass is 16.3. The monoisotopic (exact) mass is 195 g/mol. The van der Waals surface area contributed by atoms with Crippen LogP contribution in [0.5, 0.6) is 0 Å². The van der Waals surface area contributed by atoms with Crippen molar-refractivity contribution in [2.24, 2.45) is 0 Å². The van der Waals surface area contributed by atoms with Crippen LogP contribution in [0.4, 0.5) is 5.95 Å². The average molecular weight is 195 g/mol. The summed E-state index contributed by atoms with van der Waals surface area (Å²) in [4.78, 5) is 8.50. The van der Waals surface area contributed by atoms with Crippen LogP contribution in [0.1, 0.15) is 24.7 Å². The lowest BCUT2D eigenvalue weighted by molar-refractivity contribution is 0.282. The van der Waals surface area contributed by atoms with Crippen LogP contribution >= 0.6 is 0 Å². The molecule has 0 bridgehead atoms. The van der Waals surface area contributed by atoms with Gasteiger partial charge in [-0.15, -0.1) is 0 Å². The van der Waals surface area contributed by atoms with Crippen molar-refractivity contribution in [3.63, 3.8) is 0 Å². The second-order valence-electron chi connectivity index (χ2n) is 3.53. The number of aryl methyl sites for hydroxylation is 2. The maximum absolute atomic E-state index is 8.74. The summed E-state index contributed by atoms with van der Waals surface area (Å²) in [5.41, 5.74) is 1.91. The van der Waals surface area contributed by atoms with E-state index in [1.54, 1.807) is 0 Å². The number of nitrogens with zero attached hydrogens (tertiary/aromatic N) is 2. The van der Waals surface area contributed by atoms with Gasteiger partial charge in [0.15, 0.2) is 0 Å². The summed E-state index contributed by atoms with van der Waals surface area (Å²) in [6, 6.07) is 2.13. The van der Waals surface area contributed by atoms with E-state index in [1.165, 1.54) is 0 Å². The lowest BCUT2D eigenvalue weighted by Crippen LogP contribution is -2.18. The molecule has 2 N–H and O–H groups in total. The highest BCUT2D eigenvalue weighted by molar-refractivity contribution is 5.28. The molecule has 1 aromatic heterocycles. The fraction of sp³-hybridized carbons (Fsp3) is 0.600. The first-order valence-electron chi connectivity index (χ1n) is 4.81. The lowest BCUT2D eigenvalue weighted by Gasteiger charge is -2.12. The van der Waals surface area contributed by atoms with Crippen molar-refractivity contribution < 1.29 is 5.11 Å². The van der Waals surface area contributed by atoms with Crippen molar-refractivity contribution >= 4 is 5.95 Å². The molecule has 1 atom stereocenters. The first kappa shape index (κ1) is 10.9. The quantitative estimate of drug-likeness (QED) is 0.759. The second-order valence-corrected chi connectivity index (χ2v) is 3.53. The van der Waals surface area contributed by atoms with Crippen LogP contribution in [0.2, 0.25) is 0 Å². The van der Waals surface area contributed by atoms with Crippen molar-refractivity contribution in [1.29, 1.82) is 0 Å². The van der Waals surface area contributed by atoms with Gasteiger partial charge < -0.3 is 10.4 Å². The van der Waals surface area contributed by atoms with E-state index in [0.717, 1.165) is 11.4 Å². The molecule has 0 fully saturated rings. The number of anilines is 1. The van der Waals surface area contributed by atoms with Gasteiger partial charge in [0.25, 0.3) is 0 Å². The first-order valence-corrected chi connectivity index (χ1v) is 4.81.